The molecule has 0 aliphatic heterocycles. The molecule has 0 fully saturated rings. The molecule has 0 radical (unpaired) electrons. The van der Waals surface area contributed by atoms with Gasteiger partial charge in [-0.15, -0.1) is 0 Å². The van der Waals surface area contributed by atoms with E-state index in [2.05, 4.69) is 9.97 Å². The molecule has 2 aromatic carbocycles. The lowest BCUT2D eigenvalue weighted by Crippen LogP contribution is -1.96. The summed E-state index contributed by atoms with van der Waals surface area (Å²) < 4.78 is 16.2. The molecule has 0 aliphatic rings. The van der Waals surface area contributed by atoms with E-state index in [4.69, 9.17) is 14.2 Å². The van der Waals surface area contributed by atoms with Gasteiger partial charge in [0.15, 0.2) is 5.16 Å². The topological polar surface area (TPSA) is 53.5 Å². The van der Waals surface area contributed by atoms with Gasteiger partial charge >= 0.3 is 0 Å². The highest BCUT2D eigenvalue weighted by Crippen LogP contribution is 2.31. The molecule has 3 aromatic rings. The normalized spacial score (nSPS) is 10.2. The van der Waals surface area contributed by atoms with Gasteiger partial charge in [-0.3, -0.25) is 0 Å². The molecule has 0 N–H and O–H groups in total. The van der Waals surface area contributed by atoms with E-state index in [0.29, 0.717) is 16.9 Å². The number of para-hydroxylation sites is 1. The molecule has 1 heterocycles. The third kappa shape index (κ3) is 4.17. The molecule has 3 rings (SSSR count). The predicted molar refractivity (Wildman–Crippen MR) is 92.2 cm³/mol. The molecule has 0 saturated carbocycles. The van der Waals surface area contributed by atoms with Crippen molar-refractivity contribution in [1.29, 1.82) is 0 Å². The summed E-state index contributed by atoms with van der Waals surface area (Å²) in [5.41, 5.74) is 0. The van der Waals surface area contributed by atoms with Gasteiger partial charge in [0.25, 0.3) is 0 Å². The monoisotopic (exact) mass is 340 g/mol. The lowest BCUT2D eigenvalue weighted by molar-refractivity contribution is 0.364. The van der Waals surface area contributed by atoms with Crippen molar-refractivity contribution in [2.75, 3.05) is 14.2 Å². The molecule has 6 heteroatoms. The van der Waals surface area contributed by atoms with Crippen LogP contribution in [0.3, 0.4) is 0 Å². The Hall–Kier alpha value is -2.73. The third-order valence-electron chi connectivity index (χ3n) is 3.07. The van der Waals surface area contributed by atoms with Crippen LogP contribution in [0.4, 0.5) is 0 Å². The van der Waals surface area contributed by atoms with Crippen LogP contribution in [-0.2, 0) is 0 Å². The summed E-state index contributed by atoms with van der Waals surface area (Å²) in [6.45, 7) is 0. The maximum atomic E-state index is 5.84. The first-order valence-electron chi connectivity index (χ1n) is 7.25. The Kier molecular flexibility index (Phi) is 5.18. The van der Waals surface area contributed by atoms with E-state index in [1.807, 2.05) is 54.6 Å². The van der Waals surface area contributed by atoms with Crippen molar-refractivity contribution in [3.05, 3.63) is 60.7 Å². The molecule has 0 bridgehead atoms. The standard InChI is InChI=1S/C18H16N2O3S/c1-21-16-12-17(22-2)20-18(19-16)24-15-10-6-9-14(11-15)23-13-7-4-3-5-8-13/h3-12H,1-2H3. The third-order valence-corrected chi connectivity index (χ3v) is 3.93. The zero-order valence-corrected chi connectivity index (χ0v) is 14.1. The van der Waals surface area contributed by atoms with Crippen LogP contribution in [0.1, 0.15) is 0 Å². The van der Waals surface area contributed by atoms with Crippen molar-refractivity contribution in [2.45, 2.75) is 10.1 Å². The quantitative estimate of drug-likeness (QED) is 0.619. The van der Waals surface area contributed by atoms with E-state index >= 15 is 0 Å². The molecule has 5 nitrogen and oxygen atoms in total. The van der Waals surface area contributed by atoms with Crippen LogP contribution >= 0.6 is 11.8 Å². The SMILES string of the molecule is COc1cc(OC)nc(Sc2cccc(Oc3ccccc3)c2)n1. The summed E-state index contributed by atoms with van der Waals surface area (Å²) >= 11 is 1.41. The van der Waals surface area contributed by atoms with Crippen molar-refractivity contribution >= 4 is 11.8 Å². The van der Waals surface area contributed by atoms with Crippen molar-refractivity contribution < 1.29 is 14.2 Å². The van der Waals surface area contributed by atoms with Crippen LogP contribution < -0.4 is 14.2 Å². The first-order chi connectivity index (χ1) is 11.8. The smallest absolute Gasteiger partial charge is 0.220 e. The molecular formula is C18H16N2O3S. The predicted octanol–water partition coefficient (Wildman–Crippen LogP) is 4.44. The highest BCUT2D eigenvalue weighted by molar-refractivity contribution is 7.99. The van der Waals surface area contributed by atoms with Crippen LogP contribution in [0.25, 0.3) is 0 Å². The number of aromatic nitrogens is 2. The summed E-state index contributed by atoms with van der Waals surface area (Å²) in [6.07, 6.45) is 0. The second-order valence-electron chi connectivity index (χ2n) is 4.73. The van der Waals surface area contributed by atoms with Crippen molar-refractivity contribution in [3.8, 4) is 23.3 Å². The zero-order chi connectivity index (χ0) is 16.8. The van der Waals surface area contributed by atoms with E-state index in [1.54, 1.807) is 20.3 Å². The number of hydrogen-bond donors (Lipinski definition) is 0. The minimum atomic E-state index is 0.459. The molecule has 0 unspecified atom stereocenters. The van der Waals surface area contributed by atoms with Crippen LogP contribution in [0, 0.1) is 0 Å². The average Bonchev–Trinajstić information content (AvgIpc) is 2.62. The fraction of sp³-hybridized carbons (Fsp3) is 0.111. The van der Waals surface area contributed by atoms with Gasteiger partial charge in [0, 0.05) is 4.90 Å². The van der Waals surface area contributed by atoms with Gasteiger partial charge < -0.3 is 14.2 Å². The summed E-state index contributed by atoms with van der Waals surface area (Å²) in [4.78, 5) is 9.59. The van der Waals surface area contributed by atoms with Gasteiger partial charge in [-0.25, -0.2) is 0 Å². The van der Waals surface area contributed by atoms with Crippen molar-refractivity contribution in [1.82, 2.24) is 9.97 Å². The van der Waals surface area contributed by atoms with Crippen LogP contribution in [-0.4, -0.2) is 24.2 Å². The molecule has 24 heavy (non-hydrogen) atoms. The number of ether oxygens (including phenoxy) is 3. The number of methoxy groups -OCH3 is 2. The number of benzene rings is 2. The van der Waals surface area contributed by atoms with Gasteiger partial charge in [0.2, 0.25) is 11.8 Å². The molecular weight excluding hydrogens is 324 g/mol. The van der Waals surface area contributed by atoms with E-state index in [0.717, 1.165) is 16.4 Å². The maximum Gasteiger partial charge on any atom is 0.220 e. The lowest BCUT2D eigenvalue weighted by atomic mass is 10.3. The Bertz CT molecular complexity index is 790. The van der Waals surface area contributed by atoms with Crippen LogP contribution in [0.5, 0.6) is 23.3 Å². The van der Waals surface area contributed by atoms with Gasteiger partial charge in [0.1, 0.15) is 11.5 Å². The largest absolute Gasteiger partial charge is 0.481 e. The summed E-state index contributed by atoms with van der Waals surface area (Å²) in [5, 5.41) is 0.545. The van der Waals surface area contributed by atoms with Gasteiger partial charge in [-0.05, 0) is 42.1 Å². The Balaban J connectivity index is 1.79. The summed E-state index contributed by atoms with van der Waals surface area (Å²) in [6, 6.07) is 19.0. The molecule has 122 valence electrons. The van der Waals surface area contributed by atoms with Gasteiger partial charge in [-0.1, -0.05) is 24.3 Å². The molecule has 0 atom stereocenters. The van der Waals surface area contributed by atoms with E-state index in [9.17, 15) is 0 Å². The summed E-state index contributed by atoms with van der Waals surface area (Å²) in [5.74, 6) is 2.46. The molecule has 0 spiro atoms. The molecule has 0 amide bonds. The van der Waals surface area contributed by atoms with Crippen LogP contribution in [0.15, 0.2) is 70.7 Å². The Morgan fingerprint density at radius 2 is 1.42 bits per heavy atom. The van der Waals surface area contributed by atoms with E-state index in [-0.39, 0.29) is 0 Å². The Morgan fingerprint density at radius 3 is 2.08 bits per heavy atom. The fourth-order valence-electron chi connectivity index (χ4n) is 1.97. The summed E-state index contributed by atoms with van der Waals surface area (Å²) in [7, 11) is 3.12. The Labute approximate surface area is 144 Å². The van der Waals surface area contributed by atoms with Gasteiger partial charge in [0.05, 0.1) is 20.3 Å². The minimum Gasteiger partial charge on any atom is -0.481 e. The minimum absolute atomic E-state index is 0.459. The Morgan fingerprint density at radius 1 is 0.750 bits per heavy atom. The second-order valence-corrected chi connectivity index (χ2v) is 5.77. The van der Waals surface area contributed by atoms with E-state index < -0.39 is 0 Å². The average molecular weight is 340 g/mol. The van der Waals surface area contributed by atoms with Gasteiger partial charge in [-0.2, -0.15) is 9.97 Å². The van der Waals surface area contributed by atoms with E-state index in [1.165, 1.54) is 11.8 Å². The fourth-order valence-corrected chi connectivity index (χ4v) is 2.77. The maximum absolute atomic E-state index is 5.84. The highest BCUT2D eigenvalue weighted by Gasteiger charge is 2.08. The number of hydrogen-bond acceptors (Lipinski definition) is 6. The van der Waals surface area contributed by atoms with Crippen molar-refractivity contribution in [3.63, 3.8) is 0 Å². The van der Waals surface area contributed by atoms with Crippen molar-refractivity contribution in [2.24, 2.45) is 0 Å². The first kappa shape index (κ1) is 16.1. The zero-order valence-electron chi connectivity index (χ0n) is 13.3. The molecule has 1 aromatic heterocycles. The number of rotatable bonds is 6. The van der Waals surface area contributed by atoms with Crippen LogP contribution in [0.2, 0.25) is 0 Å². The number of nitrogens with zero attached hydrogens (tertiary/aromatic N) is 2. The molecule has 0 saturated heterocycles. The lowest BCUT2D eigenvalue weighted by Gasteiger charge is -2.08. The molecule has 0 aliphatic carbocycles. The highest BCUT2D eigenvalue weighted by atomic mass is 32.2. The second kappa shape index (κ2) is 7.70. The first-order valence-corrected chi connectivity index (χ1v) is 8.06.